The molecule has 1 aromatic heterocycles. The molecular formula is C12H16ClN3O2. The van der Waals surface area contributed by atoms with E-state index < -0.39 is 0 Å². The first-order chi connectivity index (χ1) is 8.63. The van der Waals surface area contributed by atoms with Gasteiger partial charge in [0.05, 0.1) is 17.2 Å². The Morgan fingerprint density at radius 1 is 1.61 bits per heavy atom. The zero-order chi connectivity index (χ0) is 13.1. The van der Waals surface area contributed by atoms with Gasteiger partial charge >= 0.3 is 0 Å². The lowest BCUT2D eigenvalue weighted by atomic mass is 9.91. The molecular weight excluding hydrogens is 254 g/mol. The van der Waals surface area contributed by atoms with Gasteiger partial charge in [-0.25, -0.2) is 4.98 Å². The van der Waals surface area contributed by atoms with E-state index in [1.165, 1.54) is 12.3 Å². The SMILES string of the molecule is Nc1ncc(C(=O)N(CCO)C2CCC2)cc1Cl. The molecule has 1 aromatic rings. The number of amides is 1. The van der Waals surface area contributed by atoms with Crippen molar-refractivity contribution in [2.45, 2.75) is 25.3 Å². The van der Waals surface area contributed by atoms with E-state index in [9.17, 15) is 4.79 Å². The molecule has 1 fully saturated rings. The van der Waals surface area contributed by atoms with Crippen molar-refractivity contribution in [1.82, 2.24) is 9.88 Å². The van der Waals surface area contributed by atoms with Gasteiger partial charge in [-0.2, -0.15) is 0 Å². The summed E-state index contributed by atoms with van der Waals surface area (Å²) in [5.74, 6) is 0.0636. The number of nitrogen functional groups attached to an aromatic ring is 1. The number of aliphatic hydroxyl groups excluding tert-OH is 1. The molecule has 0 aliphatic heterocycles. The summed E-state index contributed by atoms with van der Waals surface area (Å²) in [7, 11) is 0. The minimum Gasteiger partial charge on any atom is -0.395 e. The fourth-order valence-corrected chi connectivity index (χ4v) is 2.15. The maximum atomic E-state index is 12.3. The molecule has 0 atom stereocenters. The largest absolute Gasteiger partial charge is 0.395 e. The van der Waals surface area contributed by atoms with E-state index in [2.05, 4.69) is 4.98 Å². The zero-order valence-corrected chi connectivity index (χ0v) is 10.7. The molecule has 5 nitrogen and oxygen atoms in total. The number of nitrogens with two attached hydrogens (primary N) is 1. The summed E-state index contributed by atoms with van der Waals surface area (Å²) in [6, 6.07) is 1.75. The molecule has 1 aliphatic rings. The van der Waals surface area contributed by atoms with E-state index in [1.807, 2.05) is 0 Å². The van der Waals surface area contributed by atoms with Gasteiger partial charge in [0.2, 0.25) is 0 Å². The molecule has 0 unspecified atom stereocenters. The van der Waals surface area contributed by atoms with Gasteiger partial charge in [-0.1, -0.05) is 11.6 Å². The lowest BCUT2D eigenvalue weighted by Crippen LogP contribution is -2.45. The average Bonchev–Trinajstić information content (AvgIpc) is 2.29. The van der Waals surface area contributed by atoms with Crippen molar-refractivity contribution in [3.8, 4) is 0 Å². The Hall–Kier alpha value is -1.33. The summed E-state index contributed by atoms with van der Waals surface area (Å²) in [5.41, 5.74) is 5.92. The van der Waals surface area contributed by atoms with Crippen LogP contribution in [0.15, 0.2) is 12.3 Å². The van der Waals surface area contributed by atoms with Crippen LogP contribution in [0.2, 0.25) is 5.02 Å². The van der Waals surface area contributed by atoms with Crippen molar-refractivity contribution in [2.75, 3.05) is 18.9 Å². The van der Waals surface area contributed by atoms with E-state index in [1.54, 1.807) is 4.90 Å². The van der Waals surface area contributed by atoms with Crippen LogP contribution in [-0.2, 0) is 0 Å². The highest BCUT2D eigenvalue weighted by Gasteiger charge is 2.29. The molecule has 0 bridgehead atoms. The normalized spacial score (nSPS) is 15.2. The number of carbonyl (C=O) groups is 1. The Morgan fingerprint density at radius 3 is 2.83 bits per heavy atom. The number of hydrogen-bond donors (Lipinski definition) is 2. The fourth-order valence-electron chi connectivity index (χ4n) is 1.99. The van der Waals surface area contributed by atoms with Crippen molar-refractivity contribution >= 4 is 23.3 Å². The number of halogens is 1. The van der Waals surface area contributed by atoms with Crippen molar-refractivity contribution in [2.24, 2.45) is 0 Å². The Labute approximate surface area is 111 Å². The van der Waals surface area contributed by atoms with Crippen LogP contribution < -0.4 is 5.73 Å². The molecule has 1 aliphatic carbocycles. The zero-order valence-electron chi connectivity index (χ0n) is 9.97. The van der Waals surface area contributed by atoms with Crippen LogP contribution in [0, 0.1) is 0 Å². The molecule has 18 heavy (non-hydrogen) atoms. The van der Waals surface area contributed by atoms with Gasteiger partial charge in [-0.3, -0.25) is 4.79 Å². The molecule has 3 N–H and O–H groups in total. The number of rotatable bonds is 4. The van der Waals surface area contributed by atoms with Gasteiger partial charge in [-0.05, 0) is 25.3 Å². The van der Waals surface area contributed by atoms with Crippen LogP contribution in [0.25, 0.3) is 0 Å². The van der Waals surface area contributed by atoms with E-state index in [0.717, 1.165) is 19.3 Å². The van der Waals surface area contributed by atoms with Gasteiger partial charge in [0, 0.05) is 18.8 Å². The smallest absolute Gasteiger partial charge is 0.255 e. The van der Waals surface area contributed by atoms with Gasteiger partial charge in [0.15, 0.2) is 0 Å². The number of aromatic nitrogens is 1. The molecule has 0 spiro atoms. The van der Waals surface area contributed by atoms with Crippen LogP contribution in [0.5, 0.6) is 0 Å². The van der Waals surface area contributed by atoms with E-state index in [-0.39, 0.29) is 29.4 Å². The van der Waals surface area contributed by atoms with E-state index >= 15 is 0 Å². The minimum absolute atomic E-state index is 0.0433. The number of anilines is 1. The van der Waals surface area contributed by atoms with Crippen LogP contribution in [0.1, 0.15) is 29.6 Å². The third-order valence-corrected chi connectivity index (χ3v) is 3.54. The first kappa shape index (κ1) is 13.1. The molecule has 98 valence electrons. The second kappa shape index (κ2) is 5.54. The van der Waals surface area contributed by atoms with Crippen molar-refractivity contribution in [1.29, 1.82) is 0 Å². The molecule has 1 amide bonds. The second-order valence-corrected chi connectivity index (χ2v) is 4.81. The maximum Gasteiger partial charge on any atom is 0.255 e. The minimum atomic E-state index is -0.150. The van der Waals surface area contributed by atoms with Crippen molar-refractivity contribution in [3.05, 3.63) is 22.8 Å². The van der Waals surface area contributed by atoms with E-state index in [0.29, 0.717) is 12.1 Å². The number of aliphatic hydroxyl groups is 1. The molecule has 0 aromatic carbocycles. The molecule has 1 heterocycles. The Morgan fingerprint density at radius 2 is 2.33 bits per heavy atom. The Bertz CT molecular complexity index is 449. The summed E-state index contributed by atoms with van der Waals surface area (Å²) in [6.45, 7) is 0.296. The Kier molecular flexibility index (Phi) is 4.04. The number of pyridine rings is 1. The number of nitrogens with zero attached hydrogens (tertiary/aromatic N) is 2. The Balaban J connectivity index is 2.18. The highest BCUT2D eigenvalue weighted by atomic mass is 35.5. The quantitative estimate of drug-likeness (QED) is 0.864. The van der Waals surface area contributed by atoms with Crippen LogP contribution in [0.3, 0.4) is 0 Å². The monoisotopic (exact) mass is 269 g/mol. The summed E-state index contributed by atoms with van der Waals surface area (Å²) < 4.78 is 0. The van der Waals surface area contributed by atoms with Crippen LogP contribution in [0.4, 0.5) is 5.82 Å². The third kappa shape index (κ3) is 2.57. The lowest BCUT2D eigenvalue weighted by Gasteiger charge is -2.37. The maximum absolute atomic E-state index is 12.3. The second-order valence-electron chi connectivity index (χ2n) is 4.40. The predicted octanol–water partition coefficient (Wildman–Crippen LogP) is 1.30. The van der Waals surface area contributed by atoms with E-state index in [4.69, 9.17) is 22.4 Å². The van der Waals surface area contributed by atoms with Crippen LogP contribution >= 0.6 is 11.6 Å². The molecule has 2 rings (SSSR count). The first-order valence-corrected chi connectivity index (χ1v) is 6.34. The predicted molar refractivity (Wildman–Crippen MR) is 69.4 cm³/mol. The summed E-state index contributed by atoms with van der Waals surface area (Å²) in [4.78, 5) is 17.9. The summed E-state index contributed by atoms with van der Waals surface area (Å²) in [6.07, 6.45) is 4.52. The molecule has 0 saturated heterocycles. The lowest BCUT2D eigenvalue weighted by molar-refractivity contribution is 0.0525. The van der Waals surface area contributed by atoms with Gasteiger partial charge in [-0.15, -0.1) is 0 Å². The summed E-state index contributed by atoms with van der Waals surface area (Å²) in [5, 5.41) is 9.32. The average molecular weight is 270 g/mol. The van der Waals surface area contributed by atoms with Crippen molar-refractivity contribution < 1.29 is 9.90 Å². The van der Waals surface area contributed by atoms with Crippen molar-refractivity contribution in [3.63, 3.8) is 0 Å². The fraction of sp³-hybridized carbons (Fsp3) is 0.500. The molecule has 1 saturated carbocycles. The number of hydrogen-bond acceptors (Lipinski definition) is 4. The van der Waals surface area contributed by atoms with Crippen LogP contribution in [-0.4, -0.2) is 40.1 Å². The highest BCUT2D eigenvalue weighted by molar-refractivity contribution is 6.33. The van der Waals surface area contributed by atoms with Gasteiger partial charge < -0.3 is 15.7 Å². The molecule has 0 radical (unpaired) electrons. The van der Waals surface area contributed by atoms with Gasteiger partial charge in [0.1, 0.15) is 5.82 Å². The topological polar surface area (TPSA) is 79.5 Å². The number of carbonyl (C=O) groups excluding carboxylic acids is 1. The highest BCUT2D eigenvalue weighted by Crippen LogP contribution is 2.26. The molecule has 6 heteroatoms. The van der Waals surface area contributed by atoms with Gasteiger partial charge in [0.25, 0.3) is 5.91 Å². The third-order valence-electron chi connectivity index (χ3n) is 3.23. The standard InChI is InChI=1S/C12H16ClN3O2/c13-10-6-8(7-15-11(10)14)12(18)16(4-5-17)9-2-1-3-9/h6-7,9,17H,1-5H2,(H2,14,15). The first-order valence-electron chi connectivity index (χ1n) is 5.96. The summed E-state index contributed by atoms with van der Waals surface area (Å²) >= 11 is 5.86.